The van der Waals surface area contributed by atoms with Crippen LogP contribution in [0.3, 0.4) is 0 Å². The zero-order chi connectivity index (χ0) is 16.4. The third-order valence-corrected chi connectivity index (χ3v) is 4.21. The van der Waals surface area contributed by atoms with Crippen LogP contribution in [0.4, 0.5) is 0 Å². The second kappa shape index (κ2) is 6.54. The van der Waals surface area contributed by atoms with Crippen LogP contribution in [-0.2, 0) is 17.8 Å². The van der Waals surface area contributed by atoms with Crippen LogP contribution in [0, 0.1) is 0 Å². The molecule has 1 fully saturated rings. The Hall–Kier alpha value is -2.51. The normalized spacial score (nSPS) is 15.8. The second-order valence-corrected chi connectivity index (χ2v) is 5.93. The molecule has 4 rings (SSSR count). The van der Waals surface area contributed by atoms with Crippen molar-refractivity contribution in [1.29, 1.82) is 0 Å². The van der Waals surface area contributed by atoms with Crippen molar-refractivity contribution < 1.29 is 4.74 Å². The van der Waals surface area contributed by atoms with Gasteiger partial charge in [-0.15, -0.1) is 0 Å². The first-order chi connectivity index (χ1) is 11.8. The molecule has 3 aromatic rings. The minimum Gasteiger partial charge on any atom is -0.379 e. The van der Waals surface area contributed by atoms with E-state index in [4.69, 9.17) is 4.74 Å². The zero-order valence-corrected chi connectivity index (χ0v) is 13.3. The minimum absolute atomic E-state index is 0.137. The van der Waals surface area contributed by atoms with E-state index in [0.29, 0.717) is 29.9 Å². The second-order valence-electron chi connectivity index (χ2n) is 5.93. The average Bonchev–Trinajstić information content (AvgIpc) is 3.00. The molecule has 0 atom stereocenters. The lowest BCUT2D eigenvalue weighted by Crippen LogP contribution is -2.36. The van der Waals surface area contributed by atoms with Gasteiger partial charge in [0.1, 0.15) is 11.2 Å². The largest absolute Gasteiger partial charge is 0.379 e. The van der Waals surface area contributed by atoms with Crippen LogP contribution >= 0.6 is 0 Å². The number of H-pyrrole nitrogens is 1. The predicted molar refractivity (Wildman–Crippen MR) is 89.8 cm³/mol. The molecule has 2 aromatic heterocycles. The Balaban J connectivity index is 1.65. The van der Waals surface area contributed by atoms with E-state index in [9.17, 15) is 4.79 Å². The van der Waals surface area contributed by atoms with Crippen LogP contribution < -0.4 is 5.56 Å². The third kappa shape index (κ3) is 3.08. The number of nitrogens with one attached hydrogen (secondary N) is 1. The highest BCUT2D eigenvalue weighted by atomic mass is 16.5. The van der Waals surface area contributed by atoms with Gasteiger partial charge in [-0.05, 0) is 5.56 Å². The van der Waals surface area contributed by atoms with Crippen molar-refractivity contribution in [2.45, 2.75) is 13.1 Å². The van der Waals surface area contributed by atoms with Gasteiger partial charge in [-0.25, -0.2) is 9.67 Å². The molecule has 24 heavy (non-hydrogen) atoms. The molecule has 0 saturated carbocycles. The lowest BCUT2D eigenvalue weighted by atomic mass is 10.2. The fourth-order valence-corrected chi connectivity index (χ4v) is 2.93. The van der Waals surface area contributed by atoms with Crippen LogP contribution in [0.5, 0.6) is 0 Å². The SMILES string of the molecule is O=c1[nH]c(CN2CCOCC2)nc2c1cnn2Cc1ccccc1. The van der Waals surface area contributed by atoms with Crippen molar-refractivity contribution in [2.24, 2.45) is 0 Å². The summed E-state index contributed by atoms with van der Waals surface area (Å²) in [7, 11) is 0. The number of aromatic nitrogens is 4. The van der Waals surface area contributed by atoms with Crippen molar-refractivity contribution in [3.05, 3.63) is 58.3 Å². The Morgan fingerprint density at radius 1 is 1.12 bits per heavy atom. The quantitative estimate of drug-likeness (QED) is 0.774. The molecule has 7 heteroatoms. The van der Waals surface area contributed by atoms with Gasteiger partial charge >= 0.3 is 0 Å². The lowest BCUT2D eigenvalue weighted by Gasteiger charge is -2.25. The summed E-state index contributed by atoms with van der Waals surface area (Å²) in [5.74, 6) is 0.671. The zero-order valence-electron chi connectivity index (χ0n) is 13.3. The van der Waals surface area contributed by atoms with Gasteiger partial charge < -0.3 is 9.72 Å². The van der Waals surface area contributed by atoms with E-state index in [1.54, 1.807) is 10.9 Å². The molecule has 124 valence electrons. The first-order valence-corrected chi connectivity index (χ1v) is 8.08. The molecule has 0 unspecified atom stereocenters. The van der Waals surface area contributed by atoms with Gasteiger partial charge in [-0.3, -0.25) is 9.69 Å². The van der Waals surface area contributed by atoms with E-state index in [1.165, 1.54) is 0 Å². The third-order valence-electron chi connectivity index (χ3n) is 4.21. The fourth-order valence-electron chi connectivity index (χ4n) is 2.93. The van der Waals surface area contributed by atoms with Gasteiger partial charge in [0.15, 0.2) is 5.65 Å². The summed E-state index contributed by atoms with van der Waals surface area (Å²) >= 11 is 0. The number of ether oxygens (including phenoxy) is 1. The molecule has 1 aromatic carbocycles. The average molecular weight is 325 g/mol. The number of rotatable bonds is 4. The Kier molecular flexibility index (Phi) is 4.10. The van der Waals surface area contributed by atoms with Crippen molar-refractivity contribution in [3.63, 3.8) is 0 Å². The standard InChI is InChI=1S/C17H19N5O2/c23-17-14-10-18-22(11-13-4-2-1-3-5-13)16(14)19-15(20-17)12-21-6-8-24-9-7-21/h1-5,10H,6-9,11-12H2,(H,19,20,23). The van der Waals surface area contributed by atoms with Crippen molar-refractivity contribution in [2.75, 3.05) is 26.3 Å². The Labute approximate surface area is 138 Å². The van der Waals surface area contributed by atoms with Gasteiger partial charge in [0.05, 0.1) is 32.5 Å². The highest BCUT2D eigenvalue weighted by Gasteiger charge is 2.15. The molecule has 1 aliphatic heterocycles. The molecular formula is C17H19N5O2. The molecule has 0 bridgehead atoms. The monoisotopic (exact) mass is 325 g/mol. The maximum absolute atomic E-state index is 12.3. The molecule has 0 aliphatic carbocycles. The van der Waals surface area contributed by atoms with Crippen LogP contribution in [0.1, 0.15) is 11.4 Å². The van der Waals surface area contributed by atoms with Gasteiger partial charge in [0, 0.05) is 13.1 Å². The number of aromatic amines is 1. The number of benzene rings is 1. The van der Waals surface area contributed by atoms with Crippen LogP contribution in [0.25, 0.3) is 11.0 Å². The van der Waals surface area contributed by atoms with Gasteiger partial charge in [-0.2, -0.15) is 5.10 Å². The number of hydrogen-bond donors (Lipinski definition) is 1. The summed E-state index contributed by atoms with van der Waals surface area (Å²) in [6.45, 7) is 4.36. The predicted octanol–water partition coefficient (Wildman–Crippen LogP) is 1.00. The molecule has 1 N–H and O–H groups in total. The van der Waals surface area contributed by atoms with Gasteiger partial charge in [0.25, 0.3) is 5.56 Å². The van der Waals surface area contributed by atoms with Crippen molar-refractivity contribution in [3.8, 4) is 0 Å². The number of fused-ring (bicyclic) bond motifs is 1. The fraction of sp³-hybridized carbons (Fsp3) is 0.353. The summed E-state index contributed by atoms with van der Waals surface area (Å²) in [4.78, 5) is 22.1. The summed E-state index contributed by atoms with van der Waals surface area (Å²) in [6, 6.07) is 10.0. The molecule has 0 spiro atoms. The summed E-state index contributed by atoms with van der Waals surface area (Å²) in [5.41, 5.74) is 1.62. The Bertz CT molecular complexity index is 881. The molecule has 0 radical (unpaired) electrons. The number of hydrogen-bond acceptors (Lipinski definition) is 5. The number of nitrogens with zero attached hydrogens (tertiary/aromatic N) is 4. The number of morpholine rings is 1. The topological polar surface area (TPSA) is 76.0 Å². The molecule has 7 nitrogen and oxygen atoms in total. The van der Waals surface area contributed by atoms with E-state index >= 15 is 0 Å². The molecular weight excluding hydrogens is 306 g/mol. The van der Waals surface area contributed by atoms with E-state index in [1.807, 2.05) is 30.3 Å². The molecule has 3 heterocycles. The van der Waals surface area contributed by atoms with Gasteiger partial charge in [0.2, 0.25) is 0 Å². The first kappa shape index (κ1) is 15.0. The van der Waals surface area contributed by atoms with E-state index in [-0.39, 0.29) is 5.56 Å². The summed E-state index contributed by atoms with van der Waals surface area (Å²) in [6.07, 6.45) is 1.59. The molecule has 1 aliphatic rings. The summed E-state index contributed by atoms with van der Waals surface area (Å²) < 4.78 is 7.14. The smallest absolute Gasteiger partial charge is 0.262 e. The van der Waals surface area contributed by atoms with Crippen LogP contribution in [0.2, 0.25) is 0 Å². The van der Waals surface area contributed by atoms with E-state index < -0.39 is 0 Å². The Morgan fingerprint density at radius 3 is 2.71 bits per heavy atom. The van der Waals surface area contributed by atoms with E-state index in [2.05, 4.69) is 20.0 Å². The van der Waals surface area contributed by atoms with Crippen LogP contribution in [-0.4, -0.2) is 51.0 Å². The minimum atomic E-state index is -0.137. The highest BCUT2D eigenvalue weighted by molar-refractivity contribution is 5.73. The summed E-state index contributed by atoms with van der Waals surface area (Å²) in [5, 5.41) is 4.86. The maximum atomic E-state index is 12.3. The lowest BCUT2D eigenvalue weighted by molar-refractivity contribution is 0.0330. The highest BCUT2D eigenvalue weighted by Crippen LogP contribution is 2.11. The first-order valence-electron chi connectivity index (χ1n) is 8.08. The van der Waals surface area contributed by atoms with Crippen LogP contribution in [0.15, 0.2) is 41.3 Å². The Morgan fingerprint density at radius 2 is 1.92 bits per heavy atom. The van der Waals surface area contributed by atoms with Crippen molar-refractivity contribution >= 4 is 11.0 Å². The van der Waals surface area contributed by atoms with E-state index in [0.717, 1.165) is 31.9 Å². The molecule has 1 saturated heterocycles. The maximum Gasteiger partial charge on any atom is 0.262 e. The van der Waals surface area contributed by atoms with Gasteiger partial charge in [-0.1, -0.05) is 30.3 Å². The van der Waals surface area contributed by atoms with Crippen molar-refractivity contribution in [1.82, 2.24) is 24.6 Å². The molecule has 0 amide bonds.